The molecule has 1 heterocycles. The first-order valence-corrected chi connectivity index (χ1v) is 6.16. The van der Waals surface area contributed by atoms with Crippen LogP contribution in [0.1, 0.15) is 0 Å². The number of aromatic nitrogens is 1. The van der Waals surface area contributed by atoms with Crippen molar-refractivity contribution in [1.29, 1.82) is 0 Å². The predicted molar refractivity (Wildman–Crippen MR) is 72.3 cm³/mol. The molecule has 18 heavy (non-hydrogen) atoms. The maximum absolute atomic E-state index is 5.60. The maximum atomic E-state index is 5.60. The summed E-state index contributed by atoms with van der Waals surface area (Å²) in [6.07, 6.45) is 1.64. The number of nitrogen functional groups attached to an aromatic ring is 1. The number of nitrogens with two attached hydrogens (primary N) is 1. The van der Waals surface area contributed by atoms with Gasteiger partial charge in [0.15, 0.2) is 11.5 Å². The molecule has 0 bridgehead atoms. The monoisotopic (exact) mass is 262 g/mol. The Morgan fingerprint density at radius 3 is 2.44 bits per heavy atom. The average molecular weight is 262 g/mol. The minimum Gasteiger partial charge on any atom is -0.493 e. The van der Waals surface area contributed by atoms with Crippen molar-refractivity contribution in [2.75, 3.05) is 20.0 Å². The third-order valence-electron chi connectivity index (χ3n) is 2.34. The van der Waals surface area contributed by atoms with Crippen LogP contribution in [0.2, 0.25) is 0 Å². The highest BCUT2D eigenvalue weighted by Gasteiger charge is 2.06. The normalized spacial score (nSPS) is 10.1. The second-order valence-corrected chi connectivity index (χ2v) is 4.64. The van der Waals surface area contributed by atoms with E-state index in [2.05, 4.69) is 4.98 Å². The summed E-state index contributed by atoms with van der Waals surface area (Å²) >= 11 is 1.54. The van der Waals surface area contributed by atoms with Crippen molar-refractivity contribution in [3.05, 3.63) is 36.5 Å². The zero-order valence-electron chi connectivity index (χ0n) is 10.2. The van der Waals surface area contributed by atoms with Gasteiger partial charge in [0.2, 0.25) is 0 Å². The van der Waals surface area contributed by atoms with Crippen LogP contribution < -0.4 is 15.2 Å². The predicted octanol–water partition coefficient (Wildman–Crippen LogP) is 2.83. The van der Waals surface area contributed by atoms with Crippen LogP contribution in [0.4, 0.5) is 5.69 Å². The smallest absolute Gasteiger partial charge is 0.161 e. The van der Waals surface area contributed by atoms with Gasteiger partial charge >= 0.3 is 0 Å². The summed E-state index contributed by atoms with van der Waals surface area (Å²) in [7, 11) is 3.24. The first-order valence-electron chi connectivity index (χ1n) is 5.34. The Morgan fingerprint density at radius 1 is 1.06 bits per heavy atom. The highest BCUT2D eigenvalue weighted by atomic mass is 32.2. The summed E-state index contributed by atoms with van der Waals surface area (Å²) in [5.74, 6) is 1.42. The minimum absolute atomic E-state index is 0.659. The number of methoxy groups -OCH3 is 2. The molecule has 5 heteroatoms. The van der Waals surface area contributed by atoms with Gasteiger partial charge in [-0.25, -0.2) is 4.98 Å². The number of pyridine rings is 1. The lowest BCUT2D eigenvalue weighted by Crippen LogP contribution is -1.90. The van der Waals surface area contributed by atoms with Gasteiger partial charge in [-0.2, -0.15) is 0 Å². The van der Waals surface area contributed by atoms with Crippen molar-refractivity contribution in [2.24, 2.45) is 0 Å². The maximum Gasteiger partial charge on any atom is 0.161 e. The van der Waals surface area contributed by atoms with E-state index in [1.54, 1.807) is 32.2 Å². The van der Waals surface area contributed by atoms with Crippen molar-refractivity contribution >= 4 is 17.4 Å². The van der Waals surface area contributed by atoms with E-state index in [1.165, 1.54) is 0 Å². The molecule has 0 fully saturated rings. The molecule has 0 amide bonds. The lowest BCUT2D eigenvalue weighted by atomic mass is 10.3. The summed E-state index contributed by atoms with van der Waals surface area (Å²) in [5, 5.41) is 0.886. The number of benzene rings is 1. The second-order valence-electron chi connectivity index (χ2n) is 3.55. The summed E-state index contributed by atoms with van der Waals surface area (Å²) in [6.45, 7) is 0. The summed E-state index contributed by atoms with van der Waals surface area (Å²) in [4.78, 5) is 5.27. The third kappa shape index (κ3) is 2.87. The van der Waals surface area contributed by atoms with Crippen LogP contribution in [-0.4, -0.2) is 19.2 Å². The molecule has 0 saturated carbocycles. The molecule has 0 saturated heterocycles. The zero-order chi connectivity index (χ0) is 13.0. The number of hydrogen-bond acceptors (Lipinski definition) is 5. The fraction of sp³-hybridized carbons (Fsp3) is 0.154. The molecule has 94 valence electrons. The fourth-order valence-corrected chi connectivity index (χ4v) is 2.24. The van der Waals surface area contributed by atoms with Crippen LogP contribution >= 0.6 is 11.8 Å². The Bertz CT molecular complexity index is 529. The zero-order valence-corrected chi connectivity index (χ0v) is 11.0. The molecule has 2 rings (SSSR count). The van der Waals surface area contributed by atoms with Crippen LogP contribution in [0.15, 0.2) is 46.5 Å². The van der Waals surface area contributed by atoms with E-state index in [0.717, 1.165) is 9.92 Å². The van der Waals surface area contributed by atoms with E-state index in [9.17, 15) is 0 Å². The molecule has 0 aliphatic carbocycles. The summed E-state index contributed by atoms with van der Waals surface area (Å²) in [5.41, 5.74) is 6.25. The van der Waals surface area contributed by atoms with Crippen LogP contribution in [0.25, 0.3) is 0 Å². The van der Waals surface area contributed by atoms with E-state index in [1.807, 2.05) is 30.3 Å². The van der Waals surface area contributed by atoms with Gasteiger partial charge in [-0.1, -0.05) is 11.8 Å². The third-order valence-corrected chi connectivity index (χ3v) is 3.28. The lowest BCUT2D eigenvalue weighted by Gasteiger charge is -2.09. The van der Waals surface area contributed by atoms with Gasteiger partial charge in [-0.3, -0.25) is 0 Å². The van der Waals surface area contributed by atoms with Crippen molar-refractivity contribution in [1.82, 2.24) is 4.98 Å². The Balaban J connectivity index is 2.21. The Hall–Kier alpha value is -1.88. The molecule has 0 atom stereocenters. The molecular weight excluding hydrogens is 248 g/mol. The molecule has 2 aromatic rings. The molecule has 0 radical (unpaired) electrons. The van der Waals surface area contributed by atoms with Gasteiger partial charge in [0.1, 0.15) is 5.03 Å². The highest BCUT2D eigenvalue weighted by molar-refractivity contribution is 7.99. The quantitative estimate of drug-likeness (QED) is 0.918. The molecular formula is C13H14N2O2S. The SMILES string of the molecule is COc1ccc(Sc2ccc(N)cn2)cc1OC. The number of nitrogens with zero attached hydrogens (tertiary/aromatic N) is 1. The van der Waals surface area contributed by atoms with E-state index >= 15 is 0 Å². The molecule has 1 aromatic heterocycles. The Kier molecular flexibility index (Phi) is 3.94. The molecule has 0 unspecified atom stereocenters. The lowest BCUT2D eigenvalue weighted by molar-refractivity contribution is 0.354. The van der Waals surface area contributed by atoms with Crippen LogP contribution in [0, 0.1) is 0 Å². The van der Waals surface area contributed by atoms with E-state index in [-0.39, 0.29) is 0 Å². The van der Waals surface area contributed by atoms with Crippen molar-refractivity contribution < 1.29 is 9.47 Å². The van der Waals surface area contributed by atoms with Gasteiger partial charge in [0.05, 0.1) is 26.1 Å². The van der Waals surface area contributed by atoms with Crippen molar-refractivity contribution in [3.63, 3.8) is 0 Å². The topological polar surface area (TPSA) is 57.4 Å². The van der Waals surface area contributed by atoms with Crippen molar-refractivity contribution in [3.8, 4) is 11.5 Å². The standard InChI is InChI=1S/C13H14N2O2S/c1-16-11-5-4-10(7-12(11)17-2)18-13-6-3-9(14)8-15-13/h3-8H,14H2,1-2H3. The molecule has 1 aromatic carbocycles. The van der Waals surface area contributed by atoms with E-state index < -0.39 is 0 Å². The molecule has 4 nitrogen and oxygen atoms in total. The first kappa shape index (κ1) is 12.6. The van der Waals surface area contributed by atoms with E-state index in [4.69, 9.17) is 15.2 Å². The number of ether oxygens (including phenoxy) is 2. The first-order chi connectivity index (χ1) is 8.72. The Labute approximate surface area is 110 Å². The van der Waals surface area contributed by atoms with Gasteiger partial charge < -0.3 is 15.2 Å². The molecule has 0 spiro atoms. The van der Waals surface area contributed by atoms with Crippen LogP contribution in [0.3, 0.4) is 0 Å². The Morgan fingerprint density at radius 2 is 1.83 bits per heavy atom. The average Bonchev–Trinajstić information content (AvgIpc) is 2.41. The van der Waals surface area contributed by atoms with Gasteiger partial charge in [0, 0.05) is 4.90 Å². The number of hydrogen-bond donors (Lipinski definition) is 1. The van der Waals surface area contributed by atoms with Gasteiger partial charge in [-0.15, -0.1) is 0 Å². The van der Waals surface area contributed by atoms with Crippen LogP contribution in [0.5, 0.6) is 11.5 Å². The minimum atomic E-state index is 0.659. The number of rotatable bonds is 4. The van der Waals surface area contributed by atoms with Gasteiger partial charge in [0.25, 0.3) is 0 Å². The fourth-order valence-electron chi connectivity index (χ4n) is 1.45. The highest BCUT2D eigenvalue weighted by Crippen LogP contribution is 2.34. The molecule has 0 aliphatic rings. The second kappa shape index (κ2) is 5.64. The van der Waals surface area contributed by atoms with Crippen molar-refractivity contribution in [2.45, 2.75) is 9.92 Å². The van der Waals surface area contributed by atoms with E-state index in [0.29, 0.717) is 17.2 Å². The molecule has 0 aliphatic heterocycles. The summed E-state index contributed by atoms with van der Waals surface area (Å²) in [6, 6.07) is 9.47. The van der Waals surface area contributed by atoms with Gasteiger partial charge in [-0.05, 0) is 30.3 Å². The number of anilines is 1. The molecule has 2 N–H and O–H groups in total. The summed E-state index contributed by atoms with van der Waals surface area (Å²) < 4.78 is 10.4. The largest absolute Gasteiger partial charge is 0.493 e. The van der Waals surface area contributed by atoms with Crippen LogP contribution in [-0.2, 0) is 0 Å².